The van der Waals surface area contributed by atoms with Crippen LogP contribution in [-0.4, -0.2) is 24.2 Å². The number of benzene rings is 1. The predicted octanol–water partition coefficient (Wildman–Crippen LogP) is 3.05. The van der Waals surface area contributed by atoms with Gasteiger partial charge in [0.2, 0.25) is 0 Å². The van der Waals surface area contributed by atoms with Crippen molar-refractivity contribution in [3.8, 4) is 11.5 Å². The summed E-state index contributed by atoms with van der Waals surface area (Å²) in [5, 5.41) is 20.9. The van der Waals surface area contributed by atoms with Crippen LogP contribution in [0.2, 0.25) is 0 Å². The van der Waals surface area contributed by atoms with Gasteiger partial charge in [0.1, 0.15) is 16.8 Å². The topological polar surface area (TPSA) is 95.0 Å². The molecule has 0 aliphatic heterocycles. The summed E-state index contributed by atoms with van der Waals surface area (Å²) in [5.41, 5.74) is 0.442. The Labute approximate surface area is 128 Å². The Morgan fingerprint density at radius 2 is 1.90 bits per heavy atom. The fourth-order valence-electron chi connectivity index (χ4n) is 1.82. The first kappa shape index (κ1) is 15.3. The first-order valence-electron chi connectivity index (χ1n) is 5.81. The molecule has 1 aromatic heterocycles. The molecule has 21 heavy (non-hydrogen) atoms. The number of methoxy groups -OCH3 is 2. The smallest absolute Gasteiger partial charge is 0.433 e. The van der Waals surface area contributed by atoms with Crippen LogP contribution in [0.3, 0.4) is 0 Å². The third-order valence-corrected chi connectivity index (χ3v) is 3.55. The zero-order chi connectivity index (χ0) is 15.6. The van der Waals surface area contributed by atoms with Gasteiger partial charge in [0.15, 0.2) is 11.5 Å². The molecule has 1 atom stereocenters. The normalized spacial score (nSPS) is 12.0. The largest absolute Gasteiger partial charge is 0.493 e. The number of furan rings is 1. The van der Waals surface area contributed by atoms with Crippen LogP contribution in [-0.2, 0) is 0 Å². The van der Waals surface area contributed by atoms with Crippen molar-refractivity contribution in [2.45, 2.75) is 6.10 Å². The van der Waals surface area contributed by atoms with Gasteiger partial charge in [-0.25, -0.2) is 0 Å². The summed E-state index contributed by atoms with van der Waals surface area (Å²) >= 11 is 3.31. The molecule has 0 fully saturated rings. The van der Waals surface area contributed by atoms with Gasteiger partial charge in [-0.1, -0.05) is 15.9 Å². The second-order valence-electron chi connectivity index (χ2n) is 4.06. The molecule has 0 aliphatic carbocycles. The number of hydrogen-bond acceptors (Lipinski definition) is 6. The van der Waals surface area contributed by atoms with Crippen LogP contribution in [0, 0.1) is 10.1 Å². The molecule has 1 aromatic carbocycles. The lowest BCUT2D eigenvalue weighted by Gasteiger charge is -2.14. The molecule has 0 amide bonds. The van der Waals surface area contributed by atoms with Crippen molar-refractivity contribution in [1.29, 1.82) is 0 Å². The van der Waals surface area contributed by atoms with E-state index in [1.165, 1.54) is 26.4 Å². The Morgan fingerprint density at radius 1 is 1.29 bits per heavy atom. The molecule has 7 nitrogen and oxygen atoms in total. The van der Waals surface area contributed by atoms with Gasteiger partial charge in [-0.3, -0.25) is 10.1 Å². The Morgan fingerprint density at radius 3 is 2.43 bits per heavy atom. The van der Waals surface area contributed by atoms with Crippen LogP contribution in [0.1, 0.15) is 17.4 Å². The van der Waals surface area contributed by atoms with Crippen LogP contribution in [0.5, 0.6) is 11.5 Å². The number of nitro groups is 1. The summed E-state index contributed by atoms with van der Waals surface area (Å²) in [5.74, 6) is 0.553. The van der Waals surface area contributed by atoms with Gasteiger partial charge in [0.25, 0.3) is 0 Å². The minimum Gasteiger partial charge on any atom is -0.493 e. The highest BCUT2D eigenvalue weighted by atomic mass is 79.9. The monoisotopic (exact) mass is 357 g/mol. The maximum atomic E-state index is 10.6. The quantitative estimate of drug-likeness (QED) is 0.652. The molecule has 0 saturated carbocycles. The highest BCUT2D eigenvalue weighted by molar-refractivity contribution is 9.10. The van der Waals surface area contributed by atoms with Crippen molar-refractivity contribution in [2.75, 3.05) is 14.2 Å². The molecule has 0 saturated heterocycles. The van der Waals surface area contributed by atoms with E-state index >= 15 is 0 Å². The van der Waals surface area contributed by atoms with E-state index in [1.54, 1.807) is 12.1 Å². The molecule has 2 aromatic rings. The van der Waals surface area contributed by atoms with Gasteiger partial charge in [0, 0.05) is 10.0 Å². The van der Waals surface area contributed by atoms with E-state index in [1.807, 2.05) is 0 Å². The van der Waals surface area contributed by atoms with Crippen molar-refractivity contribution >= 4 is 21.8 Å². The lowest BCUT2D eigenvalue weighted by Crippen LogP contribution is -2.01. The maximum absolute atomic E-state index is 10.6. The van der Waals surface area contributed by atoms with Crippen LogP contribution >= 0.6 is 15.9 Å². The Hall–Kier alpha value is -2.06. The molecule has 2 rings (SSSR count). The number of halogens is 1. The molecular formula is C13H12BrNO6. The number of aliphatic hydroxyl groups excluding tert-OH is 1. The molecule has 0 spiro atoms. The summed E-state index contributed by atoms with van der Waals surface area (Å²) in [6.45, 7) is 0. The molecule has 1 N–H and O–H groups in total. The van der Waals surface area contributed by atoms with Crippen molar-refractivity contribution in [3.63, 3.8) is 0 Å². The molecule has 0 bridgehead atoms. The molecule has 112 valence electrons. The third kappa shape index (κ3) is 3.01. The zero-order valence-corrected chi connectivity index (χ0v) is 12.8. The van der Waals surface area contributed by atoms with Gasteiger partial charge in [-0.2, -0.15) is 0 Å². The highest BCUT2D eigenvalue weighted by Gasteiger charge is 2.23. The minimum atomic E-state index is -1.17. The molecule has 1 unspecified atom stereocenters. The van der Waals surface area contributed by atoms with Gasteiger partial charge in [-0.05, 0) is 18.2 Å². The molecule has 0 aliphatic rings. The average Bonchev–Trinajstić information content (AvgIpc) is 2.96. The average molecular weight is 358 g/mol. The predicted molar refractivity (Wildman–Crippen MR) is 76.7 cm³/mol. The fourth-order valence-corrected chi connectivity index (χ4v) is 2.36. The number of hydrogen-bond donors (Lipinski definition) is 1. The lowest BCUT2D eigenvalue weighted by atomic mass is 10.1. The van der Waals surface area contributed by atoms with Crippen molar-refractivity contribution < 1.29 is 23.9 Å². The summed E-state index contributed by atoms with van der Waals surface area (Å²) in [4.78, 5) is 9.94. The summed E-state index contributed by atoms with van der Waals surface area (Å²) in [6.07, 6.45) is -1.17. The van der Waals surface area contributed by atoms with Gasteiger partial charge in [0.05, 0.1) is 20.3 Å². The van der Waals surface area contributed by atoms with E-state index in [0.717, 1.165) is 0 Å². The highest BCUT2D eigenvalue weighted by Crippen LogP contribution is 2.38. The maximum Gasteiger partial charge on any atom is 0.433 e. The fraction of sp³-hybridized carbons (Fsp3) is 0.231. The van der Waals surface area contributed by atoms with Gasteiger partial charge >= 0.3 is 5.88 Å². The van der Waals surface area contributed by atoms with Crippen molar-refractivity contribution in [1.82, 2.24) is 0 Å². The Kier molecular flexibility index (Phi) is 4.49. The second-order valence-corrected chi connectivity index (χ2v) is 4.92. The van der Waals surface area contributed by atoms with Crippen molar-refractivity contribution in [3.05, 3.63) is 50.2 Å². The second kappa shape index (κ2) is 6.15. The van der Waals surface area contributed by atoms with E-state index in [9.17, 15) is 15.2 Å². The van der Waals surface area contributed by atoms with Crippen LogP contribution in [0.25, 0.3) is 0 Å². The van der Waals surface area contributed by atoms with Gasteiger partial charge in [-0.15, -0.1) is 0 Å². The first-order valence-corrected chi connectivity index (χ1v) is 6.60. The summed E-state index contributed by atoms with van der Waals surface area (Å²) < 4.78 is 15.9. The molecular weight excluding hydrogens is 346 g/mol. The Bertz CT molecular complexity index is 669. The zero-order valence-electron chi connectivity index (χ0n) is 11.2. The van der Waals surface area contributed by atoms with E-state index in [4.69, 9.17) is 13.9 Å². The van der Waals surface area contributed by atoms with E-state index in [2.05, 4.69) is 15.9 Å². The summed E-state index contributed by atoms with van der Waals surface area (Å²) in [6, 6.07) is 5.75. The van der Waals surface area contributed by atoms with E-state index < -0.39 is 16.9 Å². The molecule has 0 radical (unpaired) electrons. The summed E-state index contributed by atoms with van der Waals surface area (Å²) in [7, 11) is 2.97. The third-order valence-electron chi connectivity index (χ3n) is 2.86. The Balaban J connectivity index is 2.42. The van der Waals surface area contributed by atoms with Gasteiger partial charge < -0.3 is 19.0 Å². The number of rotatable bonds is 5. The minimum absolute atomic E-state index is 0.0645. The number of nitrogens with zero attached hydrogens (tertiary/aromatic N) is 1. The SMILES string of the molecule is COc1cc(Br)c(C(O)c2ccc([N+](=O)[O-])o2)cc1OC. The lowest BCUT2D eigenvalue weighted by molar-refractivity contribution is -0.402. The van der Waals surface area contributed by atoms with Crippen LogP contribution < -0.4 is 9.47 Å². The van der Waals surface area contributed by atoms with Crippen molar-refractivity contribution in [2.24, 2.45) is 0 Å². The first-order chi connectivity index (χ1) is 9.97. The van der Waals surface area contributed by atoms with Crippen LogP contribution in [0.15, 0.2) is 33.2 Å². The van der Waals surface area contributed by atoms with E-state index in [-0.39, 0.29) is 5.76 Å². The molecule has 1 heterocycles. The number of ether oxygens (including phenoxy) is 2. The number of aliphatic hydroxyl groups is 1. The van der Waals surface area contributed by atoms with E-state index in [0.29, 0.717) is 21.5 Å². The molecule has 8 heteroatoms. The standard InChI is InChI=1S/C13H12BrNO6/c1-19-10-5-7(8(14)6-11(10)20-2)13(16)9-3-4-12(21-9)15(17)18/h3-6,13,16H,1-2H3. The van der Waals surface area contributed by atoms with Crippen LogP contribution in [0.4, 0.5) is 5.88 Å².